The van der Waals surface area contributed by atoms with Crippen LogP contribution in [0.2, 0.25) is 5.02 Å². The monoisotopic (exact) mass is 468 g/mol. The molecule has 170 valence electrons. The number of aryl methyl sites for hydroxylation is 3. The van der Waals surface area contributed by atoms with Crippen molar-refractivity contribution in [3.05, 3.63) is 93.3 Å². The van der Waals surface area contributed by atoms with Crippen molar-refractivity contribution in [3.63, 3.8) is 0 Å². The molecule has 9 heteroatoms. The number of halogens is 2. The maximum absolute atomic E-state index is 14.0. The van der Waals surface area contributed by atoms with Gasteiger partial charge >= 0.3 is 0 Å². The fraction of sp³-hybridized carbons (Fsp3) is 0.208. The van der Waals surface area contributed by atoms with Gasteiger partial charge < -0.3 is 14.6 Å². The number of aromatic nitrogens is 3. The number of amides is 1. The molecule has 0 aliphatic carbocycles. The minimum Gasteiger partial charge on any atom is -0.488 e. The SMILES string of the molecule is Cc1cccc(C)c1OCc1c(C(=O)Nc2cnn(Cc3c(F)cccc3Cl)c2)noc1C. The molecule has 0 fully saturated rings. The molecule has 4 aromatic rings. The van der Waals surface area contributed by atoms with Crippen LogP contribution < -0.4 is 10.1 Å². The van der Waals surface area contributed by atoms with Crippen LogP contribution >= 0.6 is 11.6 Å². The average molecular weight is 469 g/mol. The summed E-state index contributed by atoms with van der Waals surface area (Å²) in [6.45, 7) is 5.91. The molecular formula is C24H22ClFN4O3. The van der Waals surface area contributed by atoms with Gasteiger partial charge in [0, 0.05) is 16.8 Å². The van der Waals surface area contributed by atoms with Gasteiger partial charge in [0.15, 0.2) is 5.69 Å². The van der Waals surface area contributed by atoms with E-state index >= 15 is 0 Å². The minimum absolute atomic E-state index is 0.124. The van der Waals surface area contributed by atoms with E-state index in [9.17, 15) is 9.18 Å². The van der Waals surface area contributed by atoms with Crippen molar-refractivity contribution in [2.45, 2.75) is 33.9 Å². The van der Waals surface area contributed by atoms with E-state index in [-0.39, 0.29) is 18.8 Å². The number of rotatable bonds is 7. The van der Waals surface area contributed by atoms with Gasteiger partial charge in [-0.3, -0.25) is 9.48 Å². The Balaban J connectivity index is 1.47. The normalized spacial score (nSPS) is 10.9. The van der Waals surface area contributed by atoms with Gasteiger partial charge in [0.2, 0.25) is 0 Å². The number of hydrogen-bond donors (Lipinski definition) is 1. The summed E-state index contributed by atoms with van der Waals surface area (Å²) in [5.41, 5.74) is 3.42. The van der Waals surface area contributed by atoms with E-state index < -0.39 is 11.7 Å². The number of anilines is 1. The second-order valence-corrected chi connectivity index (χ2v) is 8.06. The second kappa shape index (κ2) is 9.46. The third-order valence-corrected chi connectivity index (χ3v) is 5.60. The summed E-state index contributed by atoms with van der Waals surface area (Å²) in [7, 11) is 0. The quantitative estimate of drug-likeness (QED) is 0.389. The molecule has 0 unspecified atom stereocenters. The van der Waals surface area contributed by atoms with E-state index in [1.54, 1.807) is 19.2 Å². The van der Waals surface area contributed by atoms with E-state index in [1.165, 1.54) is 23.0 Å². The van der Waals surface area contributed by atoms with Crippen LogP contribution in [0.3, 0.4) is 0 Å². The van der Waals surface area contributed by atoms with Gasteiger partial charge in [0.25, 0.3) is 5.91 Å². The lowest BCUT2D eigenvalue weighted by Crippen LogP contribution is -2.15. The van der Waals surface area contributed by atoms with E-state index in [0.29, 0.717) is 27.6 Å². The lowest BCUT2D eigenvalue weighted by atomic mass is 10.1. The van der Waals surface area contributed by atoms with Gasteiger partial charge in [-0.2, -0.15) is 5.10 Å². The number of hydrogen-bond acceptors (Lipinski definition) is 5. The summed E-state index contributed by atoms with van der Waals surface area (Å²) in [4.78, 5) is 12.9. The fourth-order valence-electron chi connectivity index (χ4n) is 3.46. The standard InChI is InChI=1S/C24H22ClFN4O3/c1-14-6-4-7-15(2)23(14)32-13-19-16(3)33-29-22(19)24(31)28-17-10-27-30(11-17)12-18-20(25)8-5-9-21(18)26/h4-11H,12-13H2,1-3H3,(H,28,31). The van der Waals surface area contributed by atoms with E-state index in [0.717, 1.165) is 16.9 Å². The largest absolute Gasteiger partial charge is 0.488 e. The maximum atomic E-state index is 14.0. The Morgan fingerprint density at radius 1 is 1.15 bits per heavy atom. The molecule has 1 N–H and O–H groups in total. The summed E-state index contributed by atoms with van der Waals surface area (Å²) in [5.74, 6) is 0.374. The third kappa shape index (κ3) is 4.90. The number of ether oxygens (including phenoxy) is 1. The first kappa shape index (κ1) is 22.5. The number of carbonyl (C=O) groups excluding carboxylic acids is 1. The zero-order valence-corrected chi connectivity index (χ0v) is 19.1. The molecule has 2 aromatic carbocycles. The van der Waals surface area contributed by atoms with Gasteiger partial charge in [0.1, 0.15) is 23.9 Å². The van der Waals surface area contributed by atoms with Gasteiger partial charge in [-0.1, -0.05) is 41.0 Å². The Hall–Kier alpha value is -3.65. The van der Waals surface area contributed by atoms with Gasteiger partial charge in [-0.25, -0.2) is 4.39 Å². The van der Waals surface area contributed by atoms with Crippen LogP contribution in [-0.4, -0.2) is 20.8 Å². The van der Waals surface area contributed by atoms with Crippen LogP contribution in [-0.2, 0) is 13.2 Å². The van der Waals surface area contributed by atoms with Crippen LogP contribution in [0.1, 0.15) is 38.5 Å². The molecule has 2 aromatic heterocycles. The highest BCUT2D eigenvalue weighted by Gasteiger charge is 2.21. The molecule has 0 saturated carbocycles. The topological polar surface area (TPSA) is 82.2 Å². The van der Waals surface area contributed by atoms with Crippen molar-refractivity contribution in [2.24, 2.45) is 0 Å². The van der Waals surface area contributed by atoms with Crippen molar-refractivity contribution in [1.82, 2.24) is 14.9 Å². The first-order valence-electron chi connectivity index (χ1n) is 10.2. The van der Waals surface area contributed by atoms with Crippen molar-refractivity contribution in [2.75, 3.05) is 5.32 Å². The molecule has 0 spiro atoms. The zero-order chi connectivity index (χ0) is 23.5. The average Bonchev–Trinajstić information content (AvgIpc) is 3.36. The molecule has 0 saturated heterocycles. The van der Waals surface area contributed by atoms with Crippen LogP contribution in [0.25, 0.3) is 0 Å². The maximum Gasteiger partial charge on any atom is 0.278 e. The number of carbonyl (C=O) groups is 1. The lowest BCUT2D eigenvalue weighted by Gasteiger charge is -2.12. The number of nitrogens with one attached hydrogen (secondary N) is 1. The summed E-state index contributed by atoms with van der Waals surface area (Å²) in [5, 5.41) is 11.1. The predicted octanol–water partition coefficient (Wildman–Crippen LogP) is 5.47. The van der Waals surface area contributed by atoms with Crippen molar-refractivity contribution >= 4 is 23.2 Å². The summed E-state index contributed by atoms with van der Waals surface area (Å²) in [6, 6.07) is 10.4. The second-order valence-electron chi connectivity index (χ2n) is 7.66. The summed E-state index contributed by atoms with van der Waals surface area (Å²) in [6.07, 6.45) is 3.05. The highest BCUT2D eigenvalue weighted by molar-refractivity contribution is 6.31. The Kier molecular flexibility index (Phi) is 6.46. The van der Waals surface area contributed by atoms with Gasteiger partial charge in [-0.05, 0) is 44.0 Å². The van der Waals surface area contributed by atoms with Crippen molar-refractivity contribution in [1.29, 1.82) is 0 Å². The third-order valence-electron chi connectivity index (χ3n) is 5.24. The highest BCUT2D eigenvalue weighted by Crippen LogP contribution is 2.25. The van der Waals surface area contributed by atoms with Gasteiger partial charge in [-0.15, -0.1) is 0 Å². The van der Waals surface area contributed by atoms with Crippen molar-refractivity contribution < 1.29 is 18.4 Å². The van der Waals surface area contributed by atoms with E-state index in [1.807, 2.05) is 32.0 Å². The molecule has 0 atom stereocenters. The first-order valence-corrected chi connectivity index (χ1v) is 10.6. The highest BCUT2D eigenvalue weighted by atomic mass is 35.5. The molecule has 0 radical (unpaired) electrons. The Morgan fingerprint density at radius 3 is 2.61 bits per heavy atom. The molecule has 0 bridgehead atoms. The van der Waals surface area contributed by atoms with Gasteiger partial charge in [0.05, 0.1) is 24.0 Å². The summed E-state index contributed by atoms with van der Waals surface area (Å²) >= 11 is 6.08. The number of para-hydroxylation sites is 1. The fourth-order valence-corrected chi connectivity index (χ4v) is 3.68. The molecule has 0 aliphatic heterocycles. The first-order chi connectivity index (χ1) is 15.8. The van der Waals surface area contributed by atoms with Crippen LogP contribution in [0.5, 0.6) is 5.75 Å². The Morgan fingerprint density at radius 2 is 1.88 bits per heavy atom. The van der Waals surface area contributed by atoms with E-state index in [4.69, 9.17) is 20.9 Å². The molecule has 1 amide bonds. The number of benzene rings is 2. The minimum atomic E-state index is -0.463. The van der Waals surface area contributed by atoms with Crippen molar-refractivity contribution in [3.8, 4) is 5.75 Å². The molecule has 33 heavy (non-hydrogen) atoms. The lowest BCUT2D eigenvalue weighted by molar-refractivity contribution is 0.101. The van der Waals surface area contributed by atoms with Crippen LogP contribution in [0.4, 0.5) is 10.1 Å². The Labute approximate surface area is 195 Å². The zero-order valence-electron chi connectivity index (χ0n) is 18.4. The van der Waals surface area contributed by atoms with E-state index in [2.05, 4.69) is 15.6 Å². The van der Waals surface area contributed by atoms with Crippen LogP contribution in [0, 0.1) is 26.6 Å². The Bertz CT molecular complexity index is 1270. The smallest absolute Gasteiger partial charge is 0.278 e. The number of nitrogens with zero attached hydrogens (tertiary/aromatic N) is 3. The predicted molar refractivity (Wildman–Crippen MR) is 122 cm³/mol. The van der Waals surface area contributed by atoms with Crippen LogP contribution in [0.15, 0.2) is 53.3 Å². The molecule has 7 nitrogen and oxygen atoms in total. The summed E-state index contributed by atoms with van der Waals surface area (Å²) < 4.78 is 26.8. The molecular weight excluding hydrogens is 447 g/mol. The molecule has 4 rings (SSSR count). The molecule has 2 heterocycles. The molecule has 0 aliphatic rings.